The standard InChI is InChI=1S/C27H36N2O6S/c1-27(2,3)35-26(31)28-16-7-5-6-8-24(30)29-25(19-9-12-22(13-10-19)36(4,32)33)21-11-14-23-20(18-21)15-17-34-23/h9-14,18,25H,5-8,15-17H2,1-4H3,(H,28,31)(H,29,30). The van der Waals surface area contributed by atoms with Crippen molar-refractivity contribution in [2.75, 3.05) is 19.4 Å². The molecule has 2 amide bonds. The number of benzene rings is 2. The third-order valence-corrected chi connectivity index (χ3v) is 6.87. The molecule has 196 valence electrons. The fourth-order valence-corrected chi connectivity index (χ4v) is 4.61. The summed E-state index contributed by atoms with van der Waals surface area (Å²) in [4.78, 5) is 24.8. The average Bonchev–Trinajstić information content (AvgIpc) is 3.26. The number of hydrogen-bond donors (Lipinski definition) is 2. The van der Waals surface area contributed by atoms with Crippen LogP contribution >= 0.6 is 0 Å². The molecule has 1 atom stereocenters. The summed E-state index contributed by atoms with van der Waals surface area (Å²) in [5, 5.41) is 5.84. The predicted octanol–water partition coefficient (Wildman–Crippen LogP) is 4.32. The number of nitrogens with one attached hydrogen (secondary N) is 2. The maximum Gasteiger partial charge on any atom is 0.407 e. The minimum Gasteiger partial charge on any atom is -0.493 e. The zero-order chi connectivity index (χ0) is 26.3. The van der Waals surface area contributed by atoms with Gasteiger partial charge in [0, 0.05) is 25.6 Å². The molecule has 9 heteroatoms. The Bertz CT molecular complexity index is 1170. The van der Waals surface area contributed by atoms with Crippen LogP contribution in [0.2, 0.25) is 0 Å². The minimum atomic E-state index is -3.31. The van der Waals surface area contributed by atoms with E-state index < -0.39 is 27.6 Å². The Hall–Kier alpha value is -3.07. The van der Waals surface area contributed by atoms with E-state index in [0.29, 0.717) is 26.0 Å². The largest absolute Gasteiger partial charge is 0.493 e. The van der Waals surface area contributed by atoms with Crippen LogP contribution in [-0.4, -0.2) is 45.4 Å². The molecule has 1 heterocycles. The number of carbonyl (C=O) groups excluding carboxylic acids is 2. The second kappa shape index (κ2) is 11.8. The van der Waals surface area contributed by atoms with Gasteiger partial charge in [0.2, 0.25) is 5.91 Å². The first-order chi connectivity index (χ1) is 16.9. The van der Waals surface area contributed by atoms with Gasteiger partial charge in [0.25, 0.3) is 0 Å². The first kappa shape index (κ1) is 27.5. The smallest absolute Gasteiger partial charge is 0.407 e. The van der Waals surface area contributed by atoms with Crippen LogP contribution in [0.5, 0.6) is 5.75 Å². The number of carbonyl (C=O) groups is 2. The van der Waals surface area contributed by atoms with Gasteiger partial charge in [-0.2, -0.15) is 0 Å². The molecule has 2 aromatic rings. The molecule has 0 spiro atoms. The number of amides is 2. The Morgan fingerprint density at radius 3 is 2.39 bits per heavy atom. The van der Waals surface area contributed by atoms with Gasteiger partial charge < -0.3 is 20.1 Å². The summed E-state index contributed by atoms with van der Waals surface area (Å²) in [6, 6.07) is 12.1. The number of sulfone groups is 1. The fraction of sp³-hybridized carbons (Fsp3) is 0.481. The van der Waals surface area contributed by atoms with E-state index in [2.05, 4.69) is 10.6 Å². The number of fused-ring (bicyclic) bond motifs is 1. The minimum absolute atomic E-state index is 0.0935. The Balaban J connectivity index is 1.59. The van der Waals surface area contributed by atoms with E-state index >= 15 is 0 Å². The van der Waals surface area contributed by atoms with E-state index in [1.54, 1.807) is 24.3 Å². The fourth-order valence-electron chi connectivity index (χ4n) is 3.98. The summed E-state index contributed by atoms with van der Waals surface area (Å²) in [7, 11) is -3.31. The summed E-state index contributed by atoms with van der Waals surface area (Å²) in [6.07, 6.45) is 4.10. The molecule has 0 aromatic heterocycles. The summed E-state index contributed by atoms with van der Waals surface area (Å²) in [6.45, 7) is 6.57. The maximum atomic E-state index is 12.8. The highest BCUT2D eigenvalue weighted by atomic mass is 32.2. The molecule has 0 saturated carbocycles. The van der Waals surface area contributed by atoms with Crippen molar-refractivity contribution in [3.05, 3.63) is 59.2 Å². The van der Waals surface area contributed by atoms with Gasteiger partial charge in [0.1, 0.15) is 11.4 Å². The summed E-state index contributed by atoms with van der Waals surface area (Å²) >= 11 is 0. The van der Waals surface area contributed by atoms with E-state index in [-0.39, 0.29) is 10.8 Å². The van der Waals surface area contributed by atoms with E-state index in [9.17, 15) is 18.0 Å². The summed E-state index contributed by atoms with van der Waals surface area (Å²) in [5.74, 6) is 0.764. The van der Waals surface area contributed by atoms with Crippen LogP contribution in [0.15, 0.2) is 47.4 Å². The molecular formula is C27H36N2O6S. The first-order valence-corrected chi connectivity index (χ1v) is 14.1. The zero-order valence-corrected chi connectivity index (χ0v) is 22.2. The van der Waals surface area contributed by atoms with Crippen molar-refractivity contribution in [2.45, 2.75) is 69.4 Å². The Morgan fingerprint density at radius 2 is 1.72 bits per heavy atom. The van der Waals surface area contributed by atoms with Crippen LogP contribution in [0.3, 0.4) is 0 Å². The van der Waals surface area contributed by atoms with E-state index in [1.165, 1.54) is 6.26 Å². The second-order valence-electron chi connectivity index (χ2n) is 10.0. The van der Waals surface area contributed by atoms with Crippen LogP contribution in [-0.2, 0) is 25.8 Å². The molecule has 1 aliphatic rings. The highest BCUT2D eigenvalue weighted by molar-refractivity contribution is 7.90. The lowest BCUT2D eigenvalue weighted by molar-refractivity contribution is -0.121. The van der Waals surface area contributed by atoms with Crippen molar-refractivity contribution in [3.63, 3.8) is 0 Å². The lowest BCUT2D eigenvalue weighted by atomic mass is 9.96. The molecule has 0 radical (unpaired) electrons. The van der Waals surface area contributed by atoms with Crippen LogP contribution in [0.4, 0.5) is 4.79 Å². The molecule has 0 bridgehead atoms. The van der Waals surface area contributed by atoms with Crippen molar-refractivity contribution in [1.29, 1.82) is 0 Å². The van der Waals surface area contributed by atoms with Gasteiger partial charge in [-0.3, -0.25) is 4.79 Å². The van der Waals surface area contributed by atoms with E-state index in [0.717, 1.165) is 41.7 Å². The topological polar surface area (TPSA) is 111 Å². The number of rotatable bonds is 10. The number of hydrogen-bond acceptors (Lipinski definition) is 6. The SMILES string of the molecule is CC(C)(C)OC(=O)NCCCCCC(=O)NC(c1ccc(S(C)(=O)=O)cc1)c1ccc2c(c1)CCO2. The molecule has 2 aromatic carbocycles. The normalized spacial score (nSPS) is 13.9. The average molecular weight is 517 g/mol. The molecule has 8 nitrogen and oxygen atoms in total. The van der Waals surface area contributed by atoms with Gasteiger partial charge >= 0.3 is 6.09 Å². The number of unbranched alkanes of at least 4 members (excludes halogenated alkanes) is 2. The van der Waals surface area contributed by atoms with Crippen molar-refractivity contribution in [2.24, 2.45) is 0 Å². The lowest BCUT2D eigenvalue weighted by Gasteiger charge is -2.21. The van der Waals surface area contributed by atoms with Crippen LogP contribution in [0.1, 0.15) is 69.2 Å². The molecule has 3 rings (SSSR count). The molecule has 0 saturated heterocycles. The molecule has 36 heavy (non-hydrogen) atoms. The van der Waals surface area contributed by atoms with Gasteiger partial charge in [0.15, 0.2) is 9.84 Å². The van der Waals surface area contributed by atoms with Gasteiger partial charge in [0.05, 0.1) is 17.5 Å². The van der Waals surface area contributed by atoms with E-state index in [4.69, 9.17) is 9.47 Å². The Morgan fingerprint density at radius 1 is 1.03 bits per heavy atom. The summed E-state index contributed by atoms with van der Waals surface area (Å²) < 4.78 is 34.6. The van der Waals surface area contributed by atoms with Crippen molar-refractivity contribution in [1.82, 2.24) is 10.6 Å². The maximum absolute atomic E-state index is 12.8. The molecule has 0 aliphatic carbocycles. The van der Waals surface area contributed by atoms with Crippen molar-refractivity contribution in [3.8, 4) is 5.75 Å². The third kappa shape index (κ3) is 8.26. The third-order valence-electron chi connectivity index (χ3n) is 5.74. The Labute approximate surface area is 213 Å². The predicted molar refractivity (Wildman–Crippen MR) is 138 cm³/mol. The van der Waals surface area contributed by atoms with Gasteiger partial charge in [-0.1, -0.05) is 24.6 Å². The van der Waals surface area contributed by atoms with Crippen LogP contribution < -0.4 is 15.4 Å². The van der Waals surface area contributed by atoms with Gasteiger partial charge in [-0.15, -0.1) is 0 Å². The quantitative estimate of drug-likeness (QED) is 0.455. The molecule has 2 N–H and O–H groups in total. The van der Waals surface area contributed by atoms with Crippen molar-refractivity contribution < 1.29 is 27.5 Å². The zero-order valence-electron chi connectivity index (χ0n) is 21.4. The first-order valence-electron chi connectivity index (χ1n) is 12.2. The van der Waals surface area contributed by atoms with Crippen LogP contribution in [0, 0.1) is 0 Å². The van der Waals surface area contributed by atoms with Gasteiger partial charge in [-0.05, 0) is 74.6 Å². The molecule has 1 aliphatic heterocycles. The highest BCUT2D eigenvalue weighted by Gasteiger charge is 2.21. The van der Waals surface area contributed by atoms with E-state index in [1.807, 2.05) is 39.0 Å². The van der Waals surface area contributed by atoms with Gasteiger partial charge in [-0.25, -0.2) is 13.2 Å². The highest BCUT2D eigenvalue weighted by Crippen LogP contribution is 2.31. The molecular weight excluding hydrogens is 480 g/mol. The number of alkyl carbamates (subject to hydrolysis) is 1. The molecule has 0 fully saturated rings. The monoisotopic (exact) mass is 516 g/mol. The van der Waals surface area contributed by atoms with Crippen LogP contribution in [0.25, 0.3) is 0 Å². The second-order valence-corrected chi connectivity index (χ2v) is 12.1. The number of ether oxygens (including phenoxy) is 2. The Kier molecular flexibility index (Phi) is 9.00. The summed E-state index contributed by atoms with van der Waals surface area (Å²) in [5.41, 5.74) is 2.28. The molecule has 1 unspecified atom stereocenters. The lowest BCUT2D eigenvalue weighted by Crippen LogP contribution is -2.33. The van der Waals surface area contributed by atoms with Crippen molar-refractivity contribution >= 4 is 21.8 Å².